The summed E-state index contributed by atoms with van der Waals surface area (Å²) in [6, 6.07) is 6.93. The van der Waals surface area contributed by atoms with Crippen molar-refractivity contribution >= 4 is 22.7 Å². The Morgan fingerprint density at radius 3 is 2.43 bits per heavy atom. The smallest absolute Gasteiger partial charge is 0.339 e. The summed E-state index contributed by atoms with van der Waals surface area (Å²) < 4.78 is 16.8. The molecule has 1 aliphatic rings. The lowest BCUT2D eigenvalue weighted by atomic mass is 9.97. The van der Waals surface area contributed by atoms with Crippen molar-refractivity contribution in [3.05, 3.63) is 29.8 Å². The first kappa shape index (κ1) is 17.7. The largest absolute Gasteiger partial charge is 0.452 e. The number of benzene rings is 1. The molecule has 0 N–H and O–H groups in total. The number of esters is 1. The topological polar surface area (TPSA) is 63.7 Å². The molecule has 1 amide bonds. The first-order valence-electron chi connectivity index (χ1n) is 7.82. The van der Waals surface area contributed by atoms with Crippen LogP contribution in [-0.4, -0.2) is 45.9 Å². The molecule has 0 unspecified atom stereocenters. The van der Waals surface area contributed by atoms with Gasteiger partial charge in [0, 0.05) is 18.3 Å². The maximum Gasteiger partial charge on any atom is 0.339 e. The first-order valence-corrected chi connectivity index (χ1v) is 9.38. The van der Waals surface area contributed by atoms with Crippen LogP contribution in [0.4, 0.5) is 0 Å². The highest BCUT2D eigenvalue weighted by Gasteiger charge is 2.29. The third-order valence-electron chi connectivity index (χ3n) is 4.22. The molecule has 126 valence electrons. The van der Waals surface area contributed by atoms with E-state index in [1.807, 2.05) is 13.8 Å². The van der Waals surface area contributed by atoms with Gasteiger partial charge >= 0.3 is 5.97 Å². The van der Waals surface area contributed by atoms with Crippen LogP contribution in [0.5, 0.6) is 0 Å². The van der Waals surface area contributed by atoms with Crippen molar-refractivity contribution in [1.29, 1.82) is 0 Å². The van der Waals surface area contributed by atoms with Crippen molar-refractivity contribution in [1.82, 2.24) is 4.90 Å². The predicted octanol–water partition coefficient (Wildman–Crippen LogP) is 2.37. The summed E-state index contributed by atoms with van der Waals surface area (Å²) in [6.45, 7) is 3.76. The minimum absolute atomic E-state index is 0.167. The van der Waals surface area contributed by atoms with E-state index in [1.54, 1.807) is 29.2 Å². The zero-order chi connectivity index (χ0) is 17.0. The SMILES string of the molecule is C[C@@H]1CCC[C@H](C)N1C(=O)COC(=O)c1ccccc1[S@@](C)=O. The molecule has 23 heavy (non-hydrogen) atoms. The molecule has 1 heterocycles. The van der Waals surface area contributed by atoms with Gasteiger partial charge in [-0.05, 0) is 45.2 Å². The molecule has 1 aromatic carbocycles. The second-order valence-electron chi connectivity index (χ2n) is 5.96. The number of hydrogen-bond donors (Lipinski definition) is 0. The van der Waals surface area contributed by atoms with Gasteiger partial charge in [-0.25, -0.2) is 4.79 Å². The molecule has 1 aromatic rings. The Morgan fingerprint density at radius 1 is 1.22 bits per heavy atom. The summed E-state index contributed by atoms with van der Waals surface area (Å²) in [6.07, 6.45) is 4.57. The van der Waals surface area contributed by atoms with Gasteiger partial charge in [0.25, 0.3) is 5.91 Å². The van der Waals surface area contributed by atoms with Crippen molar-refractivity contribution in [3.63, 3.8) is 0 Å². The summed E-state index contributed by atoms with van der Waals surface area (Å²) in [7, 11) is -1.29. The van der Waals surface area contributed by atoms with E-state index in [4.69, 9.17) is 4.74 Å². The number of amides is 1. The molecular formula is C17H23NO4S. The van der Waals surface area contributed by atoms with E-state index in [1.165, 1.54) is 6.26 Å². The van der Waals surface area contributed by atoms with Gasteiger partial charge in [-0.1, -0.05) is 12.1 Å². The number of carbonyl (C=O) groups excluding carboxylic acids is 2. The number of nitrogens with zero attached hydrogens (tertiary/aromatic N) is 1. The highest BCUT2D eigenvalue weighted by atomic mass is 32.2. The normalized spacial score (nSPS) is 22.5. The maximum absolute atomic E-state index is 12.4. The molecule has 1 saturated heterocycles. The predicted molar refractivity (Wildman–Crippen MR) is 88.7 cm³/mol. The Hall–Kier alpha value is -1.69. The van der Waals surface area contributed by atoms with Gasteiger partial charge < -0.3 is 9.64 Å². The zero-order valence-corrected chi connectivity index (χ0v) is 14.6. The van der Waals surface area contributed by atoms with E-state index in [0.717, 1.165) is 19.3 Å². The van der Waals surface area contributed by atoms with E-state index in [9.17, 15) is 13.8 Å². The fourth-order valence-electron chi connectivity index (χ4n) is 3.08. The van der Waals surface area contributed by atoms with Gasteiger partial charge in [0.15, 0.2) is 6.61 Å². The van der Waals surface area contributed by atoms with Crippen LogP contribution in [0.1, 0.15) is 43.5 Å². The zero-order valence-electron chi connectivity index (χ0n) is 13.8. The van der Waals surface area contributed by atoms with Gasteiger partial charge in [-0.15, -0.1) is 0 Å². The Morgan fingerprint density at radius 2 is 1.83 bits per heavy atom. The lowest BCUT2D eigenvalue weighted by Crippen LogP contribution is -2.49. The van der Waals surface area contributed by atoms with E-state index in [-0.39, 0.29) is 30.2 Å². The average Bonchev–Trinajstić information content (AvgIpc) is 2.52. The van der Waals surface area contributed by atoms with Crippen LogP contribution in [0.3, 0.4) is 0 Å². The summed E-state index contributed by atoms with van der Waals surface area (Å²) in [5.74, 6) is -0.783. The molecule has 0 aromatic heterocycles. The number of rotatable bonds is 4. The Bertz CT molecular complexity index is 606. The molecule has 0 spiro atoms. The van der Waals surface area contributed by atoms with Gasteiger partial charge in [0.2, 0.25) is 0 Å². The Kier molecular flexibility index (Phi) is 5.93. The number of likely N-dealkylation sites (tertiary alicyclic amines) is 1. The van der Waals surface area contributed by atoms with E-state index < -0.39 is 16.8 Å². The molecule has 1 aliphatic heterocycles. The van der Waals surface area contributed by atoms with Gasteiger partial charge in [0.05, 0.1) is 21.3 Å². The summed E-state index contributed by atoms with van der Waals surface area (Å²) >= 11 is 0. The molecule has 3 atom stereocenters. The molecule has 0 aliphatic carbocycles. The Labute approximate surface area is 139 Å². The lowest BCUT2D eigenvalue weighted by molar-refractivity contribution is -0.140. The molecule has 5 nitrogen and oxygen atoms in total. The minimum atomic E-state index is -1.29. The third-order valence-corrected chi connectivity index (χ3v) is 5.20. The average molecular weight is 337 g/mol. The first-order chi connectivity index (χ1) is 10.9. The fraction of sp³-hybridized carbons (Fsp3) is 0.529. The van der Waals surface area contributed by atoms with Crippen LogP contribution in [-0.2, 0) is 20.3 Å². The van der Waals surface area contributed by atoms with E-state index in [2.05, 4.69) is 0 Å². The number of hydrogen-bond acceptors (Lipinski definition) is 4. The second-order valence-corrected chi connectivity index (χ2v) is 7.30. The van der Waals surface area contributed by atoms with Crippen LogP contribution in [0, 0.1) is 0 Å². The van der Waals surface area contributed by atoms with Crippen LogP contribution in [0.25, 0.3) is 0 Å². The monoisotopic (exact) mass is 337 g/mol. The van der Waals surface area contributed by atoms with E-state index in [0.29, 0.717) is 4.90 Å². The standard InChI is InChI=1S/C17H23NO4S/c1-12-7-6-8-13(2)18(12)16(19)11-22-17(20)14-9-4-5-10-15(14)23(3)21/h4-5,9-10,12-13H,6-8,11H2,1-3H3/t12-,13+,23-/m1/s1. The van der Waals surface area contributed by atoms with E-state index >= 15 is 0 Å². The molecule has 2 rings (SSSR count). The Balaban J connectivity index is 2.02. The number of piperidine rings is 1. The third kappa shape index (κ3) is 4.19. The molecule has 0 saturated carbocycles. The molecular weight excluding hydrogens is 314 g/mol. The van der Waals surface area contributed by atoms with Crippen molar-refractivity contribution in [2.45, 2.75) is 50.1 Å². The van der Waals surface area contributed by atoms with Crippen LogP contribution in [0.2, 0.25) is 0 Å². The molecule has 6 heteroatoms. The minimum Gasteiger partial charge on any atom is -0.452 e. The summed E-state index contributed by atoms with van der Waals surface area (Å²) in [5, 5.41) is 0. The van der Waals surface area contributed by atoms with Crippen molar-refractivity contribution < 1.29 is 18.5 Å². The second kappa shape index (κ2) is 7.73. The van der Waals surface area contributed by atoms with Gasteiger partial charge in [-0.2, -0.15) is 0 Å². The van der Waals surface area contributed by atoms with Crippen molar-refractivity contribution in [2.24, 2.45) is 0 Å². The van der Waals surface area contributed by atoms with Crippen LogP contribution in [0.15, 0.2) is 29.2 Å². The molecule has 0 bridgehead atoms. The van der Waals surface area contributed by atoms with Crippen molar-refractivity contribution in [3.8, 4) is 0 Å². The molecule has 1 fully saturated rings. The lowest BCUT2D eigenvalue weighted by Gasteiger charge is -2.38. The van der Waals surface area contributed by atoms with Gasteiger partial charge in [-0.3, -0.25) is 9.00 Å². The highest BCUT2D eigenvalue weighted by molar-refractivity contribution is 7.84. The van der Waals surface area contributed by atoms with Crippen molar-refractivity contribution in [2.75, 3.05) is 12.9 Å². The van der Waals surface area contributed by atoms with Gasteiger partial charge in [0.1, 0.15) is 0 Å². The van der Waals surface area contributed by atoms with Crippen LogP contribution < -0.4 is 0 Å². The quantitative estimate of drug-likeness (QED) is 0.791. The number of ether oxygens (including phenoxy) is 1. The maximum atomic E-state index is 12.4. The highest BCUT2D eigenvalue weighted by Crippen LogP contribution is 2.22. The summed E-state index contributed by atoms with van der Waals surface area (Å²) in [5.41, 5.74) is 0.251. The fourth-order valence-corrected chi connectivity index (χ4v) is 3.81. The summed E-state index contributed by atoms with van der Waals surface area (Å²) in [4.78, 5) is 26.8. The number of carbonyl (C=O) groups is 2. The van der Waals surface area contributed by atoms with Crippen LogP contribution >= 0.6 is 0 Å². The molecule has 0 radical (unpaired) electrons.